The van der Waals surface area contributed by atoms with Gasteiger partial charge in [0.15, 0.2) is 0 Å². The highest BCUT2D eigenvalue weighted by molar-refractivity contribution is 9.10. The molecule has 0 aliphatic heterocycles. The lowest BCUT2D eigenvalue weighted by Gasteiger charge is -2.08. The molecule has 2 rings (SSSR count). The monoisotopic (exact) mass is 308 g/mol. The van der Waals surface area contributed by atoms with Crippen LogP contribution in [0.4, 0.5) is 20.2 Å². The third-order valence-electron chi connectivity index (χ3n) is 2.30. The molecule has 18 heavy (non-hydrogen) atoms. The van der Waals surface area contributed by atoms with Gasteiger partial charge in [0.1, 0.15) is 11.6 Å². The lowest BCUT2D eigenvalue weighted by atomic mass is 10.2. The van der Waals surface area contributed by atoms with E-state index in [0.717, 1.165) is 6.07 Å². The fourth-order valence-electron chi connectivity index (χ4n) is 1.40. The summed E-state index contributed by atoms with van der Waals surface area (Å²) in [6, 6.07) is 10.6. The summed E-state index contributed by atoms with van der Waals surface area (Å²) in [7, 11) is 0. The van der Waals surface area contributed by atoms with Gasteiger partial charge in [-0.25, -0.2) is 8.78 Å². The number of nitriles is 1. The predicted molar refractivity (Wildman–Crippen MR) is 68.5 cm³/mol. The van der Waals surface area contributed by atoms with Gasteiger partial charge in [-0.2, -0.15) is 5.26 Å². The molecule has 0 aliphatic rings. The van der Waals surface area contributed by atoms with Gasteiger partial charge in [0.2, 0.25) is 0 Å². The van der Waals surface area contributed by atoms with E-state index in [2.05, 4.69) is 21.2 Å². The average molecular weight is 309 g/mol. The molecule has 0 bridgehead atoms. The zero-order chi connectivity index (χ0) is 13.1. The number of anilines is 2. The van der Waals surface area contributed by atoms with Crippen LogP contribution in [0.25, 0.3) is 0 Å². The van der Waals surface area contributed by atoms with E-state index in [9.17, 15) is 8.78 Å². The van der Waals surface area contributed by atoms with Crippen molar-refractivity contribution in [2.75, 3.05) is 5.32 Å². The predicted octanol–water partition coefficient (Wildman–Crippen LogP) is 4.34. The molecule has 0 saturated carbocycles. The molecule has 90 valence electrons. The summed E-state index contributed by atoms with van der Waals surface area (Å²) in [5.74, 6) is -1.34. The molecule has 2 aromatic rings. The van der Waals surface area contributed by atoms with E-state index in [0.29, 0.717) is 11.3 Å². The largest absolute Gasteiger partial charge is 0.353 e. The van der Waals surface area contributed by atoms with Crippen molar-refractivity contribution in [2.24, 2.45) is 0 Å². The minimum absolute atomic E-state index is 0.160. The smallest absolute Gasteiger partial charge is 0.149 e. The number of benzene rings is 2. The highest BCUT2D eigenvalue weighted by Gasteiger charge is 2.08. The highest BCUT2D eigenvalue weighted by Crippen LogP contribution is 2.26. The van der Waals surface area contributed by atoms with Crippen molar-refractivity contribution in [3.05, 3.63) is 58.1 Å². The summed E-state index contributed by atoms with van der Waals surface area (Å²) in [5, 5.41) is 11.5. The molecule has 5 heteroatoms. The minimum atomic E-state index is -0.681. The first-order valence-electron chi connectivity index (χ1n) is 5.02. The third kappa shape index (κ3) is 2.66. The van der Waals surface area contributed by atoms with Crippen LogP contribution >= 0.6 is 15.9 Å². The second kappa shape index (κ2) is 5.15. The topological polar surface area (TPSA) is 35.8 Å². The summed E-state index contributed by atoms with van der Waals surface area (Å²) in [6.07, 6.45) is 0. The number of halogens is 3. The van der Waals surface area contributed by atoms with Crippen LogP contribution < -0.4 is 5.32 Å². The molecule has 0 spiro atoms. The first-order valence-corrected chi connectivity index (χ1v) is 5.81. The van der Waals surface area contributed by atoms with Crippen molar-refractivity contribution in [3.8, 4) is 6.07 Å². The summed E-state index contributed by atoms with van der Waals surface area (Å²) in [5.41, 5.74) is 1.29. The Balaban J connectivity index is 2.28. The van der Waals surface area contributed by atoms with Crippen molar-refractivity contribution in [1.82, 2.24) is 0 Å². The Morgan fingerprint density at radius 1 is 1.06 bits per heavy atom. The molecule has 0 saturated heterocycles. The van der Waals surface area contributed by atoms with Crippen LogP contribution in [0, 0.1) is 23.0 Å². The zero-order valence-electron chi connectivity index (χ0n) is 9.05. The van der Waals surface area contributed by atoms with Crippen molar-refractivity contribution in [3.63, 3.8) is 0 Å². The Morgan fingerprint density at radius 2 is 1.72 bits per heavy atom. The standard InChI is InChI=1S/C13H7BrF2N2/c14-10-5-13(12(16)6-11(10)15)18-9-3-1-8(7-17)2-4-9/h1-6,18H. The lowest BCUT2D eigenvalue weighted by molar-refractivity contribution is 0.581. The van der Waals surface area contributed by atoms with Gasteiger partial charge in [-0.15, -0.1) is 0 Å². The van der Waals surface area contributed by atoms with Crippen LogP contribution in [-0.4, -0.2) is 0 Å². The molecule has 0 radical (unpaired) electrons. The fourth-order valence-corrected chi connectivity index (χ4v) is 1.75. The summed E-state index contributed by atoms with van der Waals surface area (Å²) in [4.78, 5) is 0. The summed E-state index contributed by atoms with van der Waals surface area (Å²) in [6.45, 7) is 0. The van der Waals surface area contributed by atoms with Crippen molar-refractivity contribution in [2.45, 2.75) is 0 Å². The van der Waals surface area contributed by atoms with Crippen LogP contribution in [-0.2, 0) is 0 Å². The van der Waals surface area contributed by atoms with E-state index in [4.69, 9.17) is 5.26 Å². The van der Waals surface area contributed by atoms with Crippen LogP contribution in [0.1, 0.15) is 5.56 Å². The molecule has 2 aromatic carbocycles. The van der Waals surface area contributed by atoms with Gasteiger partial charge < -0.3 is 5.32 Å². The molecular weight excluding hydrogens is 302 g/mol. The Labute approximate surface area is 111 Å². The van der Waals surface area contributed by atoms with E-state index in [-0.39, 0.29) is 10.2 Å². The molecule has 0 amide bonds. The Bertz CT molecular complexity index is 618. The normalized spacial score (nSPS) is 9.89. The van der Waals surface area contributed by atoms with E-state index >= 15 is 0 Å². The van der Waals surface area contributed by atoms with Crippen LogP contribution in [0.5, 0.6) is 0 Å². The van der Waals surface area contributed by atoms with Gasteiger partial charge in [-0.05, 0) is 46.3 Å². The van der Waals surface area contributed by atoms with Crippen molar-refractivity contribution in [1.29, 1.82) is 5.26 Å². The van der Waals surface area contributed by atoms with Gasteiger partial charge >= 0.3 is 0 Å². The Kier molecular flexibility index (Phi) is 3.58. The number of nitrogens with one attached hydrogen (secondary N) is 1. The molecule has 0 aliphatic carbocycles. The molecule has 1 N–H and O–H groups in total. The van der Waals surface area contributed by atoms with Crippen LogP contribution in [0.15, 0.2) is 40.9 Å². The quantitative estimate of drug-likeness (QED) is 0.838. The summed E-state index contributed by atoms with van der Waals surface area (Å²) >= 11 is 2.99. The number of hydrogen-bond donors (Lipinski definition) is 1. The Hall–Kier alpha value is -1.93. The molecule has 0 fully saturated rings. The van der Waals surface area contributed by atoms with E-state index < -0.39 is 11.6 Å². The maximum absolute atomic E-state index is 13.5. The van der Waals surface area contributed by atoms with Crippen molar-refractivity contribution < 1.29 is 8.78 Å². The van der Waals surface area contributed by atoms with Gasteiger partial charge in [-0.3, -0.25) is 0 Å². The van der Waals surface area contributed by atoms with Crippen molar-refractivity contribution >= 4 is 27.3 Å². The Morgan fingerprint density at radius 3 is 2.33 bits per heavy atom. The summed E-state index contributed by atoms with van der Waals surface area (Å²) < 4.78 is 26.7. The number of rotatable bonds is 2. The van der Waals surface area contributed by atoms with Gasteiger partial charge in [0.05, 0.1) is 21.8 Å². The fraction of sp³-hybridized carbons (Fsp3) is 0. The van der Waals surface area contributed by atoms with Crippen LogP contribution in [0.2, 0.25) is 0 Å². The molecule has 0 atom stereocenters. The first kappa shape index (κ1) is 12.5. The van der Waals surface area contributed by atoms with E-state index in [1.54, 1.807) is 24.3 Å². The molecule has 0 heterocycles. The van der Waals surface area contributed by atoms with E-state index in [1.807, 2.05) is 6.07 Å². The van der Waals surface area contributed by atoms with Crippen LogP contribution in [0.3, 0.4) is 0 Å². The lowest BCUT2D eigenvalue weighted by Crippen LogP contribution is -1.95. The maximum atomic E-state index is 13.5. The molecule has 0 unspecified atom stereocenters. The molecular formula is C13H7BrF2N2. The number of hydrogen-bond acceptors (Lipinski definition) is 2. The molecule has 2 nitrogen and oxygen atoms in total. The van der Waals surface area contributed by atoms with Gasteiger partial charge in [0.25, 0.3) is 0 Å². The second-order valence-corrected chi connectivity index (χ2v) is 4.41. The third-order valence-corrected chi connectivity index (χ3v) is 2.91. The maximum Gasteiger partial charge on any atom is 0.149 e. The molecule has 0 aromatic heterocycles. The first-order chi connectivity index (χ1) is 8.60. The zero-order valence-corrected chi connectivity index (χ0v) is 10.6. The van der Waals surface area contributed by atoms with E-state index in [1.165, 1.54) is 6.07 Å². The average Bonchev–Trinajstić information content (AvgIpc) is 2.37. The van der Waals surface area contributed by atoms with Gasteiger partial charge in [-0.1, -0.05) is 0 Å². The minimum Gasteiger partial charge on any atom is -0.353 e. The SMILES string of the molecule is N#Cc1ccc(Nc2cc(Br)c(F)cc2F)cc1. The second-order valence-electron chi connectivity index (χ2n) is 3.56. The van der Waals surface area contributed by atoms with Gasteiger partial charge in [0, 0.05) is 11.8 Å². The highest BCUT2D eigenvalue weighted by atomic mass is 79.9. The number of nitrogens with zero attached hydrogens (tertiary/aromatic N) is 1.